The van der Waals surface area contributed by atoms with Crippen molar-refractivity contribution in [1.82, 2.24) is 0 Å². The lowest BCUT2D eigenvalue weighted by atomic mass is 9.88. The molecule has 4 rings (SSSR count). The molecule has 0 saturated heterocycles. The van der Waals surface area contributed by atoms with Crippen LogP contribution in [0.1, 0.15) is 108 Å². The van der Waals surface area contributed by atoms with Gasteiger partial charge < -0.3 is 4.79 Å². The Hall–Kier alpha value is -4.11. The van der Waals surface area contributed by atoms with E-state index in [1.807, 2.05) is 133 Å². The van der Waals surface area contributed by atoms with E-state index in [0.29, 0.717) is 24.5 Å². The largest absolute Gasteiger partial charge is 0.300 e. The van der Waals surface area contributed by atoms with Crippen molar-refractivity contribution in [3.05, 3.63) is 145 Å². The Morgan fingerprint density at radius 2 is 0.889 bits per heavy atom. The van der Waals surface area contributed by atoms with Gasteiger partial charge in [0.25, 0.3) is 0 Å². The second-order valence-corrected chi connectivity index (χ2v) is 12.4. The lowest BCUT2D eigenvalue weighted by Gasteiger charge is -2.16. The monoisotopic (exact) mass is 608 g/mol. The van der Waals surface area contributed by atoms with Crippen LogP contribution in [0.4, 0.5) is 0 Å². The molecule has 0 bridgehead atoms. The Balaban J connectivity index is 0.000000562. The molecule has 4 aromatic carbocycles. The highest BCUT2D eigenvalue weighted by atomic mass is 16.1. The van der Waals surface area contributed by atoms with Gasteiger partial charge in [-0.2, -0.15) is 0 Å². The first-order valence-electron chi connectivity index (χ1n) is 16.1. The average molecular weight is 609 g/mol. The molecule has 0 heterocycles. The van der Waals surface area contributed by atoms with E-state index in [0.717, 1.165) is 36.8 Å². The molecule has 0 N–H and O–H groups in total. The van der Waals surface area contributed by atoms with Crippen molar-refractivity contribution in [3.8, 4) is 0 Å². The molecule has 0 fully saturated rings. The molecule has 3 nitrogen and oxygen atoms in total. The van der Waals surface area contributed by atoms with Crippen LogP contribution in [0.3, 0.4) is 0 Å². The molecule has 45 heavy (non-hydrogen) atoms. The predicted octanol–water partition coefficient (Wildman–Crippen LogP) is 11.7. The average Bonchev–Trinajstić information content (AvgIpc) is 3.05. The zero-order chi connectivity index (χ0) is 33.8. The molecule has 0 aliphatic heterocycles. The van der Waals surface area contributed by atoms with Gasteiger partial charge >= 0.3 is 0 Å². The minimum absolute atomic E-state index is 0.0763. The lowest BCUT2D eigenvalue weighted by molar-refractivity contribution is -0.117. The molecule has 0 saturated carbocycles. The Morgan fingerprint density at radius 1 is 0.556 bits per heavy atom. The van der Waals surface area contributed by atoms with E-state index in [2.05, 4.69) is 41.5 Å². The lowest BCUT2D eigenvalue weighted by Crippen LogP contribution is -2.12. The molecule has 0 spiro atoms. The van der Waals surface area contributed by atoms with Crippen molar-refractivity contribution in [1.29, 1.82) is 0 Å². The van der Waals surface area contributed by atoms with Crippen molar-refractivity contribution in [2.45, 2.75) is 87.0 Å². The number of hydrogen-bond donors (Lipinski definition) is 0. The van der Waals surface area contributed by atoms with Crippen LogP contribution < -0.4 is 0 Å². The quantitative estimate of drug-likeness (QED) is 0.178. The van der Waals surface area contributed by atoms with Crippen LogP contribution in [0.15, 0.2) is 133 Å². The van der Waals surface area contributed by atoms with Gasteiger partial charge in [-0.15, -0.1) is 0 Å². The highest BCUT2D eigenvalue weighted by Gasteiger charge is 2.16. The van der Waals surface area contributed by atoms with Crippen LogP contribution >= 0.6 is 0 Å². The van der Waals surface area contributed by atoms with Gasteiger partial charge in [-0.1, -0.05) is 181 Å². The van der Waals surface area contributed by atoms with Gasteiger partial charge in [-0.05, 0) is 31.1 Å². The third-order valence-electron chi connectivity index (χ3n) is 6.05. The van der Waals surface area contributed by atoms with Gasteiger partial charge in [0, 0.05) is 30.4 Å². The molecule has 0 radical (unpaired) electrons. The van der Waals surface area contributed by atoms with E-state index < -0.39 is 0 Å². The zero-order valence-corrected chi connectivity index (χ0v) is 28.7. The van der Waals surface area contributed by atoms with Crippen molar-refractivity contribution < 1.29 is 14.4 Å². The molecule has 242 valence electrons. The van der Waals surface area contributed by atoms with Gasteiger partial charge in [0.1, 0.15) is 5.78 Å². The Morgan fingerprint density at radius 3 is 1.16 bits per heavy atom. The van der Waals surface area contributed by atoms with E-state index in [-0.39, 0.29) is 17.0 Å². The number of benzene rings is 4. The second-order valence-electron chi connectivity index (χ2n) is 12.4. The highest BCUT2D eigenvalue weighted by Crippen LogP contribution is 2.21. The minimum Gasteiger partial charge on any atom is -0.300 e. The molecule has 0 amide bonds. The fourth-order valence-electron chi connectivity index (χ4n) is 3.59. The van der Waals surface area contributed by atoms with E-state index in [4.69, 9.17) is 0 Å². The van der Waals surface area contributed by atoms with Gasteiger partial charge in [-0.3, -0.25) is 9.59 Å². The minimum atomic E-state index is 0.0763. The third kappa shape index (κ3) is 27.2. The van der Waals surface area contributed by atoms with Gasteiger partial charge in [0.05, 0.1) is 0 Å². The van der Waals surface area contributed by atoms with Crippen LogP contribution in [0.5, 0.6) is 0 Å². The van der Waals surface area contributed by atoms with Gasteiger partial charge in [0.2, 0.25) is 0 Å². The first kappa shape index (κ1) is 40.9. The summed E-state index contributed by atoms with van der Waals surface area (Å²) in [5.41, 5.74) is 1.73. The SMILES string of the molecule is CC(C)(C)CC(=O)c1ccccc1.CC(C)CCC(=O)c1ccccc1.CCCCC(C)=O.c1ccccc1.c1ccccc1. The van der Waals surface area contributed by atoms with Crippen LogP contribution in [0.25, 0.3) is 0 Å². The van der Waals surface area contributed by atoms with Crippen LogP contribution in [-0.4, -0.2) is 17.3 Å². The maximum atomic E-state index is 11.7. The Bertz CT molecular complexity index is 1160. The Kier molecular flexibility index (Phi) is 23.9. The molecule has 0 aromatic heterocycles. The number of rotatable bonds is 9. The van der Waals surface area contributed by atoms with Gasteiger partial charge in [0.15, 0.2) is 11.6 Å². The van der Waals surface area contributed by atoms with E-state index in [1.54, 1.807) is 6.92 Å². The summed E-state index contributed by atoms with van der Waals surface area (Å²) in [6, 6.07) is 43.0. The molecule has 0 aliphatic carbocycles. The second kappa shape index (κ2) is 26.3. The fraction of sp³-hybridized carbons (Fsp3) is 0.357. The zero-order valence-electron chi connectivity index (χ0n) is 28.7. The molecular formula is C42H56O3. The van der Waals surface area contributed by atoms with E-state index >= 15 is 0 Å². The van der Waals surface area contributed by atoms with Gasteiger partial charge in [-0.25, -0.2) is 0 Å². The smallest absolute Gasteiger partial charge is 0.163 e. The molecular weight excluding hydrogens is 552 g/mol. The first-order chi connectivity index (χ1) is 21.5. The number of carbonyl (C=O) groups excluding carboxylic acids is 3. The summed E-state index contributed by atoms with van der Waals surface area (Å²) in [6.45, 7) is 14.2. The van der Waals surface area contributed by atoms with Crippen molar-refractivity contribution in [2.24, 2.45) is 11.3 Å². The summed E-state index contributed by atoms with van der Waals surface area (Å²) in [7, 11) is 0. The maximum Gasteiger partial charge on any atom is 0.163 e. The number of hydrogen-bond acceptors (Lipinski definition) is 3. The molecule has 4 aromatic rings. The van der Waals surface area contributed by atoms with Crippen LogP contribution in [-0.2, 0) is 4.79 Å². The number of unbranched alkanes of at least 4 members (excludes halogenated alkanes) is 1. The topological polar surface area (TPSA) is 51.2 Å². The molecule has 0 unspecified atom stereocenters. The fourth-order valence-corrected chi connectivity index (χ4v) is 3.59. The van der Waals surface area contributed by atoms with Crippen molar-refractivity contribution >= 4 is 17.3 Å². The summed E-state index contributed by atoms with van der Waals surface area (Å²) >= 11 is 0. The maximum absolute atomic E-state index is 11.7. The number of ketones is 3. The molecule has 0 aliphatic rings. The van der Waals surface area contributed by atoms with Crippen molar-refractivity contribution in [2.75, 3.05) is 0 Å². The third-order valence-corrected chi connectivity index (χ3v) is 6.05. The van der Waals surface area contributed by atoms with Crippen LogP contribution in [0, 0.1) is 11.3 Å². The normalized spacial score (nSPS) is 9.78. The highest BCUT2D eigenvalue weighted by molar-refractivity contribution is 5.96. The summed E-state index contributed by atoms with van der Waals surface area (Å²) in [5.74, 6) is 1.40. The first-order valence-corrected chi connectivity index (χ1v) is 16.1. The summed E-state index contributed by atoms with van der Waals surface area (Å²) in [4.78, 5) is 33.4. The molecule has 3 heteroatoms. The van der Waals surface area contributed by atoms with Crippen molar-refractivity contribution in [3.63, 3.8) is 0 Å². The Labute approximate surface area is 274 Å². The standard InChI is InChI=1S/2C12H16O.C6H12O.2C6H6/c1-12(2,3)9-11(13)10-7-5-4-6-8-10;1-10(2)8-9-12(13)11-6-4-3-5-7-11;1-3-4-5-6(2)7;2*1-2-4-6-5-3-1/h4-8H,9H2,1-3H3;3-7,10H,8-9H2,1-2H3;3-5H2,1-2H3;2*1-6H. The van der Waals surface area contributed by atoms with E-state index in [1.165, 1.54) is 0 Å². The number of carbonyl (C=O) groups is 3. The summed E-state index contributed by atoms with van der Waals surface area (Å²) in [6.07, 6.45) is 5.19. The molecule has 0 atom stereocenters. The predicted molar refractivity (Wildman–Crippen MR) is 193 cm³/mol. The van der Waals surface area contributed by atoms with E-state index in [9.17, 15) is 14.4 Å². The van der Waals surface area contributed by atoms with Crippen LogP contribution in [0.2, 0.25) is 0 Å². The number of Topliss-reactive ketones (excluding diaryl/α,β-unsaturated/α-hetero) is 3. The summed E-state index contributed by atoms with van der Waals surface area (Å²) in [5, 5.41) is 0. The summed E-state index contributed by atoms with van der Waals surface area (Å²) < 4.78 is 0.